The summed E-state index contributed by atoms with van der Waals surface area (Å²) in [4.78, 5) is 9.23. The first-order valence-corrected chi connectivity index (χ1v) is 8.26. The van der Waals surface area contributed by atoms with Gasteiger partial charge in [-0.1, -0.05) is 6.92 Å². The number of rotatable bonds is 3. The summed E-state index contributed by atoms with van der Waals surface area (Å²) < 4.78 is 2.49. The van der Waals surface area contributed by atoms with E-state index in [1.807, 2.05) is 12.4 Å². The van der Waals surface area contributed by atoms with Crippen LogP contribution in [0.1, 0.15) is 57.3 Å². The summed E-state index contributed by atoms with van der Waals surface area (Å²) in [7, 11) is 0. The molecule has 2 heterocycles. The van der Waals surface area contributed by atoms with Gasteiger partial charge in [0.15, 0.2) is 0 Å². The van der Waals surface area contributed by atoms with E-state index in [4.69, 9.17) is 10.7 Å². The standard InChI is InChI=1S/C17H24N4/c1-12-4-7-17(11-18,8-5-12)16-20-14-10-19-9-6-15(14)21(16)13-2-3-13/h6,9-10,12-13H,2-5,7-8,11,18H2,1H3. The second-order valence-electron chi connectivity index (χ2n) is 7.07. The monoisotopic (exact) mass is 284 g/mol. The summed E-state index contributed by atoms with van der Waals surface area (Å²) in [5, 5.41) is 0. The van der Waals surface area contributed by atoms with Gasteiger partial charge >= 0.3 is 0 Å². The highest BCUT2D eigenvalue weighted by Crippen LogP contribution is 2.46. The fraction of sp³-hybridized carbons (Fsp3) is 0.647. The van der Waals surface area contributed by atoms with Crippen molar-refractivity contribution in [3.05, 3.63) is 24.3 Å². The van der Waals surface area contributed by atoms with Crippen molar-refractivity contribution in [3.8, 4) is 0 Å². The highest BCUT2D eigenvalue weighted by Gasteiger charge is 2.41. The first-order chi connectivity index (χ1) is 10.2. The van der Waals surface area contributed by atoms with E-state index in [-0.39, 0.29) is 5.41 Å². The predicted octanol–water partition coefficient (Wildman–Crippen LogP) is 3.17. The molecule has 0 aliphatic heterocycles. The van der Waals surface area contributed by atoms with Crippen LogP contribution in [0.25, 0.3) is 11.0 Å². The highest BCUT2D eigenvalue weighted by molar-refractivity contribution is 5.75. The van der Waals surface area contributed by atoms with Crippen molar-refractivity contribution in [1.29, 1.82) is 0 Å². The molecule has 0 unspecified atom stereocenters. The van der Waals surface area contributed by atoms with E-state index in [9.17, 15) is 0 Å². The number of imidazole rings is 1. The van der Waals surface area contributed by atoms with E-state index in [0.717, 1.165) is 11.4 Å². The molecule has 2 fully saturated rings. The van der Waals surface area contributed by atoms with Crippen molar-refractivity contribution in [1.82, 2.24) is 14.5 Å². The number of fused-ring (bicyclic) bond motifs is 1. The molecule has 4 nitrogen and oxygen atoms in total. The Balaban J connectivity index is 1.86. The van der Waals surface area contributed by atoms with Crippen LogP contribution in [0.15, 0.2) is 18.5 Å². The third-order valence-electron chi connectivity index (χ3n) is 5.50. The van der Waals surface area contributed by atoms with Gasteiger partial charge < -0.3 is 10.3 Å². The van der Waals surface area contributed by atoms with Gasteiger partial charge in [0.1, 0.15) is 11.3 Å². The molecule has 0 spiro atoms. The van der Waals surface area contributed by atoms with Crippen molar-refractivity contribution >= 4 is 11.0 Å². The average molecular weight is 284 g/mol. The maximum absolute atomic E-state index is 6.26. The SMILES string of the molecule is CC1CCC(CN)(c2nc3cnccc3n2C2CC2)CC1. The molecular weight excluding hydrogens is 260 g/mol. The van der Waals surface area contributed by atoms with Gasteiger partial charge in [0, 0.05) is 24.2 Å². The Kier molecular flexibility index (Phi) is 3.03. The fourth-order valence-electron chi connectivity index (χ4n) is 3.86. The van der Waals surface area contributed by atoms with Crippen LogP contribution in [-0.2, 0) is 5.41 Å². The molecule has 0 bridgehead atoms. The Bertz CT molecular complexity index is 648. The quantitative estimate of drug-likeness (QED) is 0.941. The molecular formula is C17H24N4. The minimum absolute atomic E-state index is 0.0775. The largest absolute Gasteiger partial charge is 0.329 e. The maximum Gasteiger partial charge on any atom is 0.117 e. The normalized spacial score (nSPS) is 29.9. The van der Waals surface area contributed by atoms with E-state index in [1.165, 1.54) is 49.9 Å². The van der Waals surface area contributed by atoms with Crippen LogP contribution >= 0.6 is 0 Å². The molecule has 0 radical (unpaired) electrons. The van der Waals surface area contributed by atoms with Crippen LogP contribution in [0.3, 0.4) is 0 Å². The number of hydrogen-bond acceptors (Lipinski definition) is 3. The molecule has 2 saturated carbocycles. The zero-order valence-electron chi connectivity index (χ0n) is 12.8. The van der Waals surface area contributed by atoms with Gasteiger partial charge in [-0.05, 0) is 50.5 Å². The molecule has 2 aliphatic carbocycles. The lowest BCUT2D eigenvalue weighted by Gasteiger charge is -2.38. The minimum atomic E-state index is 0.0775. The van der Waals surface area contributed by atoms with E-state index in [0.29, 0.717) is 12.6 Å². The van der Waals surface area contributed by atoms with Gasteiger partial charge in [-0.25, -0.2) is 4.98 Å². The molecule has 0 aromatic carbocycles. The fourth-order valence-corrected chi connectivity index (χ4v) is 3.86. The van der Waals surface area contributed by atoms with Crippen molar-refractivity contribution in [3.63, 3.8) is 0 Å². The van der Waals surface area contributed by atoms with Crippen LogP contribution in [0.2, 0.25) is 0 Å². The van der Waals surface area contributed by atoms with E-state index >= 15 is 0 Å². The number of pyridine rings is 1. The Hall–Kier alpha value is -1.42. The third kappa shape index (κ3) is 2.08. The van der Waals surface area contributed by atoms with Gasteiger partial charge in [-0.15, -0.1) is 0 Å². The van der Waals surface area contributed by atoms with Crippen molar-refractivity contribution in [2.45, 2.75) is 56.9 Å². The lowest BCUT2D eigenvalue weighted by atomic mass is 9.70. The predicted molar refractivity (Wildman–Crippen MR) is 84.2 cm³/mol. The molecule has 4 rings (SSSR count). The Morgan fingerprint density at radius 2 is 2.05 bits per heavy atom. The number of nitrogens with two attached hydrogens (primary N) is 1. The summed E-state index contributed by atoms with van der Waals surface area (Å²) in [6.45, 7) is 3.07. The topological polar surface area (TPSA) is 56.7 Å². The molecule has 2 aromatic heterocycles. The smallest absolute Gasteiger partial charge is 0.117 e. The first kappa shape index (κ1) is 13.3. The number of hydrogen-bond donors (Lipinski definition) is 1. The second kappa shape index (κ2) is 4.80. The van der Waals surface area contributed by atoms with Gasteiger partial charge in [0.05, 0.1) is 11.7 Å². The van der Waals surface area contributed by atoms with E-state index < -0.39 is 0 Å². The summed E-state index contributed by atoms with van der Waals surface area (Å²) in [5.74, 6) is 2.06. The average Bonchev–Trinajstić information content (AvgIpc) is 3.28. The van der Waals surface area contributed by atoms with Crippen molar-refractivity contribution < 1.29 is 0 Å². The van der Waals surface area contributed by atoms with Gasteiger partial charge in [0.25, 0.3) is 0 Å². The second-order valence-corrected chi connectivity index (χ2v) is 7.07. The van der Waals surface area contributed by atoms with E-state index in [1.54, 1.807) is 0 Å². The van der Waals surface area contributed by atoms with Gasteiger partial charge in [-0.2, -0.15) is 0 Å². The van der Waals surface area contributed by atoms with Crippen LogP contribution in [0, 0.1) is 5.92 Å². The summed E-state index contributed by atoms with van der Waals surface area (Å²) >= 11 is 0. The van der Waals surface area contributed by atoms with Gasteiger partial charge in [0.2, 0.25) is 0 Å². The minimum Gasteiger partial charge on any atom is -0.329 e. The molecule has 0 amide bonds. The summed E-state index contributed by atoms with van der Waals surface area (Å²) in [6, 6.07) is 2.75. The first-order valence-electron chi connectivity index (χ1n) is 8.26. The zero-order chi connectivity index (χ0) is 14.4. The number of aromatic nitrogens is 3. The van der Waals surface area contributed by atoms with Crippen LogP contribution < -0.4 is 5.73 Å². The van der Waals surface area contributed by atoms with Gasteiger partial charge in [-0.3, -0.25) is 4.98 Å². The molecule has 2 aliphatic rings. The zero-order valence-corrected chi connectivity index (χ0v) is 12.8. The molecule has 4 heteroatoms. The molecule has 0 saturated heterocycles. The summed E-state index contributed by atoms with van der Waals surface area (Å²) in [5.41, 5.74) is 8.61. The van der Waals surface area contributed by atoms with Crippen LogP contribution in [0.4, 0.5) is 0 Å². The molecule has 21 heavy (non-hydrogen) atoms. The van der Waals surface area contributed by atoms with Crippen molar-refractivity contribution in [2.24, 2.45) is 11.7 Å². The van der Waals surface area contributed by atoms with E-state index in [2.05, 4.69) is 22.5 Å². The Labute approximate surface area is 125 Å². The van der Waals surface area contributed by atoms with Crippen LogP contribution in [0.5, 0.6) is 0 Å². The lowest BCUT2D eigenvalue weighted by molar-refractivity contribution is 0.231. The summed E-state index contributed by atoms with van der Waals surface area (Å²) in [6.07, 6.45) is 11.2. The number of nitrogens with zero attached hydrogens (tertiary/aromatic N) is 3. The molecule has 112 valence electrons. The molecule has 0 atom stereocenters. The maximum atomic E-state index is 6.26. The lowest BCUT2D eigenvalue weighted by Crippen LogP contribution is -2.41. The third-order valence-corrected chi connectivity index (χ3v) is 5.50. The highest BCUT2D eigenvalue weighted by atomic mass is 15.1. The molecule has 2 N–H and O–H groups in total. The molecule has 2 aromatic rings. The van der Waals surface area contributed by atoms with Crippen LogP contribution in [-0.4, -0.2) is 21.1 Å². The Morgan fingerprint density at radius 3 is 2.71 bits per heavy atom. The Morgan fingerprint density at radius 1 is 1.29 bits per heavy atom. The van der Waals surface area contributed by atoms with Crippen molar-refractivity contribution in [2.75, 3.05) is 6.54 Å².